The number of halogens is 1. The fourth-order valence-corrected chi connectivity index (χ4v) is 3.02. The zero-order chi connectivity index (χ0) is 14.7. The number of anilines is 2. The molecule has 2 aromatic rings. The largest absolute Gasteiger partial charge is 0.304 e. The number of benzene rings is 1. The van der Waals surface area contributed by atoms with Gasteiger partial charge in [-0.25, -0.2) is 20.0 Å². The van der Waals surface area contributed by atoms with E-state index >= 15 is 0 Å². The summed E-state index contributed by atoms with van der Waals surface area (Å²) in [6.07, 6.45) is 3.59. The van der Waals surface area contributed by atoms with Crippen LogP contribution >= 0.6 is 22.6 Å². The summed E-state index contributed by atoms with van der Waals surface area (Å²) in [5.74, 6) is 0.728. The molecule has 0 amide bonds. The Labute approximate surface area is 138 Å². The van der Waals surface area contributed by atoms with Crippen molar-refractivity contribution in [2.75, 3.05) is 38.2 Å². The molecule has 5 nitrogen and oxygen atoms in total. The van der Waals surface area contributed by atoms with Crippen LogP contribution in [0.25, 0.3) is 0 Å². The van der Waals surface area contributed by atoms with Crippen molar-refractivity contribution in [3.05, 3.63) is 46.3 Å². The van der Waals surface area contributed by atoms with Gasteiger partial charge in [0.05, 0.1) is 5.69 Å². The van der Waals surface area contributed by atoms with Crippen LogP contribution in [-0.4, -0.2) is 53.1 Å². The van der Waals surface area contributed by atoms with Gasteiger partial charge >= 0.3 is 0 Å². The number of hydrogen-bond donors (Lipinski definition) is 0. The molecule has 0 atom stereocenters. The van der Waals surface area contributed by atoms with Crippen molar-refractivity contribution < 1.29 is 0 Å². The first-order valence-corrected chi connectivity index (χ1v) is 8.08. The second-order valence-electron chi connectivity index (χ2n) is 5.07. The van der Waals surface area contributed by atoms with E-state index in [0.29, 0.717) is 0 Å². The van der Waals surface area contributed by atoms with Gasteiger partial charge in [-0.05, 0) is 47.8 Å². The molecule has 0 N–H and O–H groups in total. The molecule has 0 unspecified atom stereocenters. The van der Waals surface area contributed by atoms with Crippen LogP contribution in [0.15, 0.2) is 42.7 Å². The van der Waals surface area contributed by atoms with Crippen molar-refractivity contribution in [3.8, 4) is 0 Å². The summed E-state index contributed by atoms with van der Waals surface area (Å²) >= 11 is 2.37. The SMILES string of the molecule is CN1CCN(N(c2ncccn2)c2ccccc2I)CC1. The molecular formula is C15H18IN5. The Hall–Kier alpha value is -1.25. The van der Waals surface area contributed by atoms with Crippen LogP contribution in [0.4, 0.5) is 11.6 Å². The van der Waals surface area contributed by atoms with Gasteiger partial charge < -0.3 is 4.90 Å². The molecule has 1 aliphatic heterocycles. The van der Waals surface area contributed by atoms with Crippen molar-refractivity contribution in [3.63, 3.8) is 0 Å². The predicted molar refractivity (Wildman–Crippen MR) is 92.4 cm³/mol. The highest BCUT2D eigenvalue weighted by Gasteiger charge is 2.25. The zero-order valence-electron chi connectivity index (χ0n) is 12.0. The topological polar surface area (TPSA) is 35.5 Å². The van der Waals surface area contributed by atoms with Crippen LogP contribution < -0.4 is 5.01 Å². The smallest absolute Gasteiger partial charge is 0.244 e. The summed E-state index contributed by atoms with van der Waals surface area (Å²) < 4.78 is 1.20. The van der Waals surface area contributed by atoms with Crippen LogP contribution in [-0.2, 0) is 0 Å². The van der Waals surface area contributed by atoms with Crippen LogP contribution in [0, 0.1) is 3.57 Å². The van der Waals surface area contributed by atoms with Gasteiger partial charge in [0.1, 0.15) is 0 Å². The standard InChI is InChI=1S/C15H18IN5/c1-19-9-11-20(12-10-19)21(15-17-7-4-8-18-15)14-6-3-2-5-13(14)16/h2-8H,9-12H2,1H3. The number of nitrogens with zero attached hydrogens (tertiary/aromatic N) is 5. The molecule has 2 heterocycles. The molecule has 0 spiro atoms. The van der Waals surface area contributed by atoms with Crippen molar-refractivity contribution in [2.24, 2.45) is 0 Å². The Kier molecular flexibility index (Phi) is 4.67. The molecule has 0 saturated carbocycles. The highest BCUT2D eigenvalue weighted by atomic mass is 127. The third-order valence-corrected chi connectivity index (χ3v) is 4.50. The molecule has 1 fully saturated rings. The molecule has 3 rings (SSSR count). The maximum Gasteiger partial charge on any atom is 0.244 e. The highest BCUT2D eigenvalue weighted by Crippen LogP contribution is 2.29. The lowest BCUT2D eigenvalue weighted by atomic mass is 10.3. The highest BCUT2D eigenvalue weighted by molar-refractivity contribution is 14.1. The van der Waals surface area contributed by atoms with Crippen molar-refractivity contribution in [1.29, 1.82) is 0 Å². The minimum absolute atomic E-state index is 0.728. The quantitative estimate of drug-likeness (QED) is 0.746. The van der Waals surface area contributed by atoms with Crippen molar-refractivity contribution in [2.45, 2.75) is 0 Å². The molecule has 21 heavy (non-hydrogen) atoms. The van der Waals surface area contributed by atoms with Gasteiger partial charge in [-0.15, -0.1) is 0 Å². The first-order chi connectivity index (χ1) is 10.3. The van der Waals surface area contributed by atoms with E-state index in [1.807, 2.05) is 6.07 Å². The number of likely N-dealkylation sites (N-methyl/N-ethyl adjacent to an activating group) is 1. The maximum absolute atomic E-state index is 4.45. The third kappa shape index (κ3) is 3.33. The Morgan fingerprint density at radius 2 is 1.67 bits per heavy atom. The van der Waals surface area contributed by atoms with E-state index in [-0.39, 0.29) is 0 Å². The molecule has 110 valence electrons. The maximum atomic E-state index is 4.45. The van der Waals surface area contributed by atoms with Crippen LogP contribution in [0.5, 0.6) is 0 Å². The van der Waals surface area contributed by atoms with Gasteiger partial charge in [0.2, 0.25) is 5.95 Å². The Balaban J connectivity index is 1.98. The second kappa shape index (κ2) is 6.67. The van der Waals surface area contributed by atoms with E-state index in [1.165, 1.54) is 3.57 Å². The molecule has 1 aliphatic rings. The summed E-state index contributed by atoms with van der Waals surface area (Å²) in [5, 5.41) is 4.47. The molecule has 6 heteroatoms. The number of rotatable bonds is 3. The van der Waals surface area contributed by atoms with E-state index in [0.717, 1.165) is 37.8 Å². The summed E-state index contributed by atoms with van der Waals surface area (Å²) in [4.78, 5) is 11.2. The van der Waals surface area contributed by atoms with Gasteiger partial charge in [0, 0.05) is 42.1 Å². The fraction of sp³-hybridized carbons (Fsp3) is 0.333. The molecule has 0 bridgehead atoms. The van der Waals surface area contributed by atoms with Gasteiger partial charge in [-0.3, -0.25) is 0 Å². The summed E-state index contributed by atoms with van der Waals surface area (Å²) in [6.45, 7) is 4.04. The predicted octanol–water partition coefficient (Wildman–Crippen LogP) is 2.38. The van der Waals surface area contributed by atoms with E-state index in [2.05, 4.69) is 78.8 Å². The average molecular weight is 395 g/mol. The normalized spacial score (nSPS) is 16.9. The average Bonchev–Trinajstić information content (AvgIpc) is 2.52. The van der Waals surface area contributed by atoms with Crippen LogP contribution in [0.3, 0.4) is 0 Å². The Morgan fingerprint density at radius 1 is 1.00 bits per heavy atom. The Morgan fingerprint density at radius 3 is 2.33 bits per heavy atom. The van der Waals surface area contributed by atoms with E-state index in [1.54, 1.807) is 12.4 Å². The lowest BCUT2D eigenvalue weighted by Crippen LogP contribution is -2.51. The molecule has 1 saturated heterocycles. The number of aromatic nitrogens is 2. The first kappa shape index (κ1) is 14.7. The van der Waals surface area contributed by atoms with Gasteiger partial charge in [-0.2, -0.15) is 0 Å². The van der Waals surface area contributed by atoms with E-state index in [9.17, 15) is 0 Å². The number of hydrazine groups is 1. The fourth-order valence-electron chi connectivity index (χ4n) is 2.41. The van der Waals surface area contributed by atoms with Crippen LogP contribution in [0.2, 0.25) is 0 Å². The van der Waals surface area contributed by atoms with Crippen molar-refractivity contribution in [1.82, 2.24) is 19.9 Å². The second-order valence-corrected chi connectivity index (χ2v) is 6.23. The summed E-state index contributed by atoms with van der Waals surface area (Å²) in [6, 6.07) is 10.2. The number of piperazine rings is 1. The molecule has 0 radical (unpaired) electrons. The lowest BCUT2D eigenvalue weighted by molar-refractivity contribution is 0.153. The summed E-state index contributed by atoms with van der Waals surface area (Å²) in [7, 11) is 2.16. The number of para-hydroxylation sites is 1. The summed E-state index contributed by atoms with van der Waals surface area (Å²) in [5.41, 5.74) is 1.13. The van der Waals surface area contributed by atoms with Gasteiger partial charge in [-0.1, -0.05) is 12.1 Å². The van der Waals surface area contributed by atoms with Crippen molar-refractivity contribution >= 4 is 34.2 Å². The minimum Gasteiger partial charge on any atom is -0.304 e. The zero-order valence-corrected chi connectivity index (χ0v) is 14.1. The van der Waals surface area contributed by atoms with Crippen LogP contribution in [0.1, 0.15) is 0 Å². The number of hydrogen-bond acceptors (Lipinski definition) is 5. The monoisotopic (exact) mass is 395 g/mol. The minimum atomic E-state index is 0.728. The molecular weight excluding hydrogens is 377 g/mol. The molecule has 1 aromatic carbocycles. The Bertz CT molecular complexity index is 584. The van der Waals surface area contributed by atoms with E-state index in [4.69, 9.17) is 0 Å². The third-order valence-electron chi connectivity index (χ3n) is 3.58. The first-order valence-electron chi connectivity index (χ1n) is 7.01. The van der Waals surface area contributed by atoms with Gasteiger partial charge in [0.25, 0.3) is 0 Å². The van der Waals surface area contributed by atoms with Gasteiger partial charge in [0.15, 0.2) is 0 Å². The molecule has 1 aromatic heterocycles. The van der Waals surface area contributed by atoms with E-state index < -0.39 is 0 Å². The molecule has 0 aliphatic carbocycles. The lowest BCUT2D eigenvalue weighted by Gasteiger charge is -2.40.